The van der Waals surface area contributed by atoms with E-state index in [0.717, 1.165) is 6.42 Å². The Bertz CT molecular complexity index is 243. The zero-order chi connectivity index (χ0) is 12.6. The fraction of sp³-hybridized carbons (Fsp3) is 0.909. The Hall–Kier alpha value is -1.13. The average molecular weight is 230 g/mol. The highest BCUT2D eigenvalue weighted by atomic mass is 16.7. The normalized spacial score (nSPS) is 16.8. The van der Waals surface area contributed by atoms with Gasteiger partial charge < -0.3 is 9.47 Å². The molecule has 0 radical (unpaired) electrons. The Morgan fingerprint density at radius 1 is 1.38 bits per heavy atom. The molecule has 0 rings (SSSR count). The van der Waals surface area contributed by atoms with Crippen molar-refractivity contribution in [1.29, 1.82) is 0 Å². The van der Waals surface area contributed by atoms with Crippen LogP contribution >= 0.6 is 0 Å². The first-order valence-electron chi connectivity index (χ1n) is 5.75. The molecule has 2 unspecified atom stereocenters. The van der Waals surface area contributed by atoms with E-state index in [2.05, 4.69) is 10.2 Å². The van der Waals surface area contributed by atoms with Gasteiger partial charge in [-0.1, -0.05) is 13.8 Å². The molecule has 16 heavy (non-hydrogen) atoms. The van der Waals surface area contributed by atoms with Gasteiger partial charge in [-0.05, 0) is 27.2 Å². The first-order chi connectivity index (χ1) is 7.47. The molecular formula is C11H22N2O3. The van der Waals surface area contributed by atoms with E-state index < -0.39 is 11.9 Å². The van der Waals surface area contributed by atoms with Crippen LogP contribution < -0.4 is 0 Å². The van der Waals surface area contributed by atoms with Gasteiger partial charge in [-0.2, -0.15) is 5.11 Å². The van der Waals surface area contributed by atoms with Gasteiger partial charge in [0.1, 0.15) is 0 Å². The molecule has 0 heterocycles. The van der Waals surface area contributed by atoms with Gasteiger partial charge in [-0.15, -0.1) is 5.11 Å². The SMILES string of the molecule is CCOC(=O)OC(C)(CC)/N=N/C(C)CC. The van der Waals surface area contributed by atoms with E-state index in [0.29, 0.717) is 13.0 Å². The molecule has 0 aromatic heterocycles. The summed E-state index contributed by atoms with van der Waals surface area (Å²) in [7, 11) is 0. The average Bonchev–Trinajstić information content (AvgIpc) is 2.26. The minimum absolute atomic E-state index is 0.136. The van der Waals surface area contributed by atoms with Gasteiger partial charge in [0, 0.05) is 6.42 Å². The number of azo groups is 1. The highest BCUT2D eigenvalue weighted by molar-refractivity contribution is 5.60. The van der Waals surface area contributed by atoms with Crippen molar-refractivity contribution in [2.45, 2.75) is 59.2 Å². The predicted octanol–water partition coefficient (Wildman–Crippen LogP) is 3.54. The molecule has 0 amide bonds. The van der Waals surface area contributed by atoms with Crippen LogP contribution in [-0.4, -0.2) is 24.5 Å². The van der Waals surface area contributed by atoms with Gasteiger partial charge in [0.25, 0.3) is 0 Å². The summed E-state index contributed by atoms with van der Waals surface area (Å²) in [4.78, 5) is 11.2. The van der Waals surface area contributed by atoms with E-state index in [1.807, 2.05) is 20.8 Å². The van der Waals surface area contributed by atoms with Crippen molar-refractivity contribution in [3.05, 3.63) is 0 Å². The van der Waals surface area contributed by atoms with Crippen LogP contribution in [0.4, 0.5) is 4.79 Å². The summed E-state index contributed by atoms with van der Waals surface area (Å²) in [6.07, 6.45) is 0.768. The summed E-state index contributed by atoms with van der Waals surface area (Å²) in [5, 5.41) is 8.16. The minimum atomic E-state index is -0.921. The molecule has 0 aromatic carbocycles. The van der Waals surface area contributed by atoms with E-state index in [1.54, 1.807) is 13.8 Å². The zero-order valence-corrected chi connectivity index (χ0v) is 10.8. The van der Waals surface area contributed by atoms with Crippen LogP contribution in [0.3, 0.4) is 0 Å². The monoisotopic (exact) mass is 230 g/mol. The second kappa shape index (κ2) is 7.19. The fourth-order valence-electron chi connectivity index (χ4n) is 0.792. The Morgan fingerprint density at radius 3 is 2.44 bits per heavy atom. The molecule has 0 saturated carbocycles. The predicted molar refractivity (Wildman–Crippen MR) is 61.4 cm³/mol. The maximum atomic E-state index is 11.2. The van der Waals surface area contributed by atoms with Crippen molar-refractivity contribution in [3.63, 3.8) is 0 Å². The van der Waals surface area contributed by atoms with Crippen LogP contribution in [0.1, 0.15) is 47.5 Å². The van der Waals surface area contributed by atoms with Gasteiger partial charge >= 0.3 is 6.16 Å². The summed E-state index contributed by atoms with van der Waals surface area (Å²) in [6, 6.07) is 0.136. The lowest BCUT2D eigenvalue weighted by molar-refractivity contribution is -0.0258. The maximum absolute atomic E-state index is 11.2. The van der Waals surface area contributed by atoms with E-state index in [1.165, 1.54) is 0 Å². The molecule has 0 aromatic rings. The van der Waals surface area contributed by atoms with Crippen molar-refractivity contribution in [3.8, 4) is 0 Å². The third-order valence-electron chi connectivity index (χ3n) is 2.28. The molecule has 0 spiro atoms. The third-order valence-corrected chi connectivity index (χ3v) is 2.28. The van der Waals surface area contributed by atoms with E-state index >= 15 is 0 Å². The first-order valence-corrected chi connectivity index (χ1v) is 5.75. The van der Waals surface area contributed by atoms with Crippen molar-refractivity contribution in [1.82, 2.24) is 0 Å². The Kier molecular flexibility index (Phi) is 6.69. The standard InChI is InChI=1S/C11H22N2O3/c1-6-9(4)12-13-11(5,7-2)16-10(14)15-8-3/h9H,6-8H2,1-5H3/b13-12+. The Morgan fingerprint density at radius 2 is 2.00 bits per heavy atom. The summed E-state index contributed by atoms with van der Waals surface area (Å²) in [6.45, 7) is 9.61. The number of rotatable bonds is 6. The van der Waals surface area contributed by atoms with Gasteiger partial charge in [-0.25, -0.2) is 4.79 Å². The molecule has 0 aliphatic carbocycles. The van der Waals surface area contributed by atoms with Gasteiger partial charge in [-0.3, -0.25) is 0 Å². The number of carbonyl (C=O) groups is 1. The van der Waals surface area contributed by atoms with Crippen molar-refractivity contribution < 1.29 is 14.3 Å². The molecule has 0 saturated heterocycles. The summed E-state index contributed by atoms with van der Waals surface area (Å²) >= 11 is 0. The Labute approximate surface area is 97.2 Å². The Balaban J connectivity index is 4.41. The fourth-order valence-corrected chi connectivity index (χ4v) is 0.792. The number of hydrogen-bond donors (Lipinski definition) is 0. The molecule has 5 heteroatoms. The second-order valence-corrected chi connectivity index (χ2v) is 3.79. The summed E-state index contributed by atoms with van der Waals surface area (Å²) in [5.41, 5.74) is -0.921. The zero-order valence-electron chi connectivity index (χ0n) is 10.8. The van der Waals surface area contributed by atoms with Crippen LogP contribution in [0.5, 0.6) is 0 Å². The van der Waals surface area contributed by atoms with Gasteiger partial charge in [0.05, 0.1) is 12.6 Å². The van der Waals surface area contributed by atoms with E-state index in [9.17, 15) is 4.79 Å². The topological polar surface area (TPSA) is 60.2 Å². The van der Waals surface area contributed by atoms with E-state index in [4.69, 9.17) is 9.47 Å². The van der Waals surface area contributed by atoms with Crippen LogP contribution in [-0.2, 0) is 9.47 Å². The van der Waals surface area contributed by atoms with Crippen LogP contribution in [0.2, 0.25) is 0 Å². The largest absolute Gasteiger partial charge is 0.510 e. The molecule has 0 aliphatic rings. The van der Waals surface area contributed by atoms with Gasteiger partial charge in [0.15, 0.2) is 0 Å². The lowest BCUT2D eigenvalue weighted by Gasteiger charge is -2.22. The number of carbonyl (C=O) groups excluding carboxylic acids is 1. The van der Waals surface area contributed by atoms with Crippen LogP contribution in [0.15, 0.2) is 10.2 Å². The molecule has 0 N–H and O–H groups in total. The number of hydrogen-bond acceptors (Lipinski definition) is 5. The first kappa shape index (κ1) is 14.9. The molecular weight excluding hydrogens is 208 g/mol. The highest BCUT2D eigenvalue weighted by Crippen LogP contribution is 2.19. The number of ether oxygens (including phenoxy) is 2. The third kappa shape index (κ3) is 5.68. The van der Waals surface area contributed by atoms with Crippen LogP contribution in [0.25, 0.3) is 0 Å². The quantitative estimate of drug-likeness (QED) is 0.518. The maximum Gasteiger partial charge on any atom is 0.510 e. The second-order valence-electron chi connectivity index (χ2n) is 3.79. The lowest BCUT2D eigenvalue weighted by Crippen LogP contribution is -2.29. The molecule has 0 aliphatic heterocycles. The van der Waals surface area contributed by atoms with Crippen molar-refractivity contribution in [2.75, 3.05) is 6.61 Å². The highest BCUT2D eigenvalue weighted by Gasteiger charge is 2.27. The van der Waals surface area contributed by atoms with Gasteiger partial charge in [0.2, 0.25) is 5.72 Å². The molecule has 0 bridgehead atoms. The van der Waals surface area contributed by atoms with Crippen LogP contribution in [0, 0.1) is 0 Å². The molecule has 94 valence electrons. The smallest absolute Gasteiger partial charge is 0.435 e. The van der Waals surface area contributed by atoms with E-state index in [-0.39, 0.29) is 6.04 Å². The molecule has 5 nitrogen and oxygen atoms in total. The summed E-state index contributed by atoms with van der Waals surface area (Å²) < 4.78 is 9.81. The molecule has 2 atom stereocenters. The number of nitrogens with zero attached hydrogens (tertiary/aromatic N) is 2. The van der Waals surface area contributed by atoms with Crippen molar-refractivity contribution >= 4 is 6.16 Å². The lowest BCUT2D eigenvalue weighted by atomic mass is 10.2. The molecule has 0 fully saturated rings. The van der Waals surface area contributed by atoms with Crippen molar-refractivity contribution in [2.24, 2.45) is 10.2 Å². The summed E-state index contributed by atoms with van der Waals surface area (Å²) in [5.74, 6) is 0. The minimum Gasteiger partial charge on any atom is -0.435 e.